The van der Waals surface area contributed by atoms with E-state index < -0.39 is 30.1 Å². The summed E-state index contributed by atoms with van der Waals surface area (Å²) in [7, 11) is 0. The van der Waals surface area contributed by atoms with Crippen LogP contribution in [0.5, 0.6) is 0 Å². The highest BCUT2D eigenvalue weighted by molar-refractivity contribution is 5.87. The van der Waals surface area contributed by atoms with Gasteiger partial charge in [0.15, 0.2) is 0 Å². The smallest absolute Gasteiger partial charge is 0.388 e. The molecule has 1 aromatic carbocycles. The van der Waals surface area contributed by atoms with E-state index in [0.29, 0.717) is 12.1 Å². The number of halogens is 1. The van der Waals surface area contributed by atoms with Crippen LogP contribution in [0.25, 0.3) is 11.5 Å². The van der Waals surface area contributed by atoms with Crippen LogP contribution < -0.4 is 16.4 Å². The molecule has 2 rings (SSSR count). The fourth-order valence-corrected chi connectivity index (χ4v) is 2.01. The minimum Gasteiger partial charge on any atom is -0.388 e. The minimum absolute atomic E-state index is 0.0217. The molecule has 25 heavy (non-hydrogen) atoms. The minimum atomic E-state index is -0.822. The lowest BCUT2D eigenvalue weighted by Crippen LogP contribution is -2.46. The standard InChI is InChI=1S/C16H19FN4O4/c1-3-8-18-14(23)10(2)19-13(22)9-21-16(24)25-15(20-21)11-4-6-12(17)7-5-11/h4-7,10H,3,8-9H2,1-2H3,(H,18,23)(H,19,22)/t10-/m1/s1. The summed E-state index contributed by atoms with van der Waals surface area (Å²) in [6.45, 7) is 3.58. The van der Waals surface area contributed by atoms with Gasteiger partial charge in [-0.2, -0.15) is 4.68 Å². The number of amides is 2. The normalized spacial score (nSPS) is 11.8. The van der Waals surface area contributed by atoms with Crippen LogP contribution in [-0.4, -0.2) is 34.2 Å². The van der Waals surface area contributed by atoms with Crippen LogP contribution in [0, 0.1) is 5.82 Å². The van der Waals surface area contributed by atoms with Crippen molar-refractivity contribution in [2.75, 3.05) is 6.54 Å². The molecule has 9 heteroatoms. The van der Waals surface area contributed by atoms with Crippen LogP contribution in [0.4, 0.5) is 4.39 Å². The SMILES string of the molecule is CCCNC(=O)[C@@H](C)NC(=O)Cn1nc(-c2ccc(F)cc2)oc1=O. The Morgan fingerprint density at radius 2 is 2.00 bits per heavy atom. The van der Waals surface area contributed by atoms with Gasteiger partial charge < -0.3 is 15.1 Å². The van der Waals surface area contributed by atoms with Crippen LogP contribution in [-0.2, 0) is 16.1 Å². The zero-order chi connectivity index (χ0) is 18.4. The molecule has 0 aliphatic carbocycles. The summed E-state index contributed by atoms with van der Waals surface area (Å²) in [4.78, 5) is 35.5. The van der Waals surface area contributed by atoms with E-state index >= 15 is 0 Å². The van der Waals surface area contributed by atoms with Crippen molar-refractivity contribution >= 4 is 11.8 Å². The first-order valence-electron chi connectivity index (χ1n) is 7.81. The molecule has 0 aliphatic heterocycles. The monoisotopic (exact) mass is 350 g/mol. The van der Waals surface area contributed by atoms with E-state index in [1.54, 1.807) is 6.92 Å². The first-order valence-corrected chi connectivity index (χ1v) is 7.81. The molecule has 0 spiro atoms. The van der Waals surface area contributed by atoms with E-state index in [2.05, 4.69) is 15.7 Å². The fourth-order valence-electron chi connectivity index (χ4n) is 2.01. The second-order valence-electron chi connectivity index (χ2n) is 5.42. The van der Waals surface area contributed by atoms with Crippen molar-refractivity contribution in [3.05, 3.63) is 40.6 Å². The molecule has 1 atom stereocenters. The summed E-state index contributed by atoms with van der Waals surface area (Å²) in [5.41, 5.74) is 0.407. The predicted octanol–water partition coefficient (Wildman–Crippen LogP) is 0.673. The zero-order valence-electron chi connectivity index (χ0n) is 13.9. The third-order valence-corrected chi connectivity index (χ3v) is 3.31. The maximum Gasteiger partial charge on any atom is 0.437 e. The molecule has 1 heterocycles. The molecule has 0 saturated heterocycles. The van der Waals surface area contributed by atoms with Gasteiger partial charge in [0.1, 0.15) is 18.4 Å². The predicted molar refractivity (Wildman–Crippen MR) is 87.1 cm³/mol. The first-order chi connectivity index (χ1) is 11.9. The first kappa shape index (κ1) is 18.4. The Balaban J connectivity index is 2.00. The molecular weight excluding hydrogens is 331 g/mol. The van der Waals surface area contributed by atoms with E-state index in [9.17, 15) is 18.8 Å². The summed E-state index contributed by atoms with van der Waals surface area (Å²) in [5.74, 6) is -2.14. The Bertz CT molecular complexity index is 797. The highest BCUT2D eigenvalue weighted by Crippen LogP contribution is 2.15. The van der Waals surface area contributed by atoms with E-state index in [1.807, 2.05) is 6.92 Å². The average Bonchev–Trinajstić information content (AvgIpc) is 2.93. The molecule has 0 bridgehead atoms. The summed E-state index contributed by atoms with van der Waals surface area (Å²) >= 11 is 0. The quantitative estimate of drug-likeness (QED) is 0.763. The van der Waals surface area contributed by atoms with Crippen LogP contribution in [0.2, 0.25) is 0 Å². The van der Waals surface area contributed by atoms with Crippen molar-refractivity contribution in [1.29, 1.82) is 0 Å². The zero-order valence-corrected chi connectivity index (χ0v) is 13.9. The molecule has 1 aromatic heterocycles. The van der Waals surface area contributed by atoms with Gasteiger partial charge in [-0.3, -0.25) is 9.59 Å². The van der Waals surface area contributed by atoms with E-state index in [0.717, 1.165) is 11.1 Å². The van der Waals surface area contributed by atoms with Gasteiger partial charge in [-0.15, -0.1) is 5.10 Å². The number of nitrogens with zero attached hydrogens (tertiary/aromatic N) is 2. The molecule has 134 valence electrons. The molecule has 0 unspecified atom stereocenters. The fraction of sp³-hybridized carbons (Fsp3) is 0.375. The number of aromatic nitrogens is 2. The van der Waals surface area contributed by atoms with Crippen LogP contribution in [0.1, 0.15) is 20.3 Å². The Labute approximate surface area is 143 Å². The van der Waals surface area contributed by atoms with Gasteiger partial charge in [-0.05, 0) is 37.6 Å². The molecule has 2 N–H and O–H groups in total. The molecule has 8 nitrogen and oxygen atoms in total. The van der Waals surface area contributed by atoms with Crippen LogP contribution in [0.3, 0.4) is 0 Å². The Morgan fingerprint density at radius 1 is 1.32 bits per heavy atom. The summed E-state index contributed by atoms with van der Waals surface area (Å²) < 4.78 is 18.7. The van der Waals surface area contributed by atoms with E-state index in [1.165, 1.54) is 24.3 Å². The highest BCUT2D eigenvalue weighted by Gasteiger charge is 2.17. The topological polar surface area (TPSA) is 106 Å². The maximum absolute atomic E-state index is 12.9. The number of nitrogens with one attached hydrogen (secondary N) is 2. The maximum atomic E-state index is 12.9. The molecule has 2 aromatic rings. The number of hydrogen-bond acceptors (Lipinski definition) is 5. The third kappa shape index (κ3) is 5.00. The number of benzene rings is 1. The van der Waals surface area contributed by atoms with Crippen molar-refractivity contribution in [3.63, 3.8) is 0 Å². The lowest BCUT2D eigenvalue weighted by molar-refractivity contribution is -0.129. The van der Waals surface area contributed by atoms with Gasteiger partial charge in [-0.25, -0.2) is 9.18 Å². The average molecular weight is 350 g/mol. The lowest BCUT2D eigenvalue weighted by atomic mass is 10.2. The van der Waals surface area contributed by atoms with E-state index in [-0.39, 0.29) is 11.8 Å². The molecule has 0 fully saturated rings. The van der Waals surface area contributed by atoms with Crippen LogP contribution >= 0.6 is 0 Å². The highest BCUT2D eigenvalue weighted by atomic mass is 19.1. The number of rotatable bonds is 7. The molecule has 0 radical (unpaired) electrons. The largest absolute Gasteiger partial charge is 0.437 e. The third-order valence-electron chi connectivity index (χ3n) is 3.31. The molecule has 0 aliphatic rings. The van der Waals surface area contributed by atoms with Gasteiger partial charge in [0, 0.05) is 12.1 Å². The molecular formula is C16H19FN4O4. The van der Waals surface area contributed by atoms with Crippen molar-refractivity contribution in [2.24, 2.45) is 0 Å². The molecule has 0 saturated carbocycles. The summed E-state index contributed by atoms with van der Waals surface area (Å²) in [6, 6.07) is 4.49. The summed E-state index contributed by atoms with van der Waals surface area (Å²) in [5, 5.41) is 9.04. The second-order valence-corrected chi connectivity index (χ2v) is 5.42. The Hall–Kier alpha value is -2.97. The van der Waals surface area contributed by atoms with Crippen molar-refractivity contribution in [2.45, 2.75) is 32.9 Å². The number of carbonyl (C=O) groups excluding carboxylic acids is 2. The lowest BCUT2D eigenvalue weighted by Gasteiger charge is -2.13. The Morgan fingerprint density at radius 3 is 2.64 bits per heavy atom. The second kappa shape index (κ2) is 8.22. The molecule has 2 amide bonds. The van der Waals surface area contributed by atoms with Gasteiger partial charge >= 0.3 is 5.76 Å². The van der Waals surface area contributed by atoms with E-state index in [4.69, 9.17) is 4.42 Å². The van der Waals surface area contributed by atoms with Crippen LogP contribution in [0.15, 0.2) is 33.5 Å². The number of hydrogen-bond donors (Lipinski definition) is 2. The van der Waals surface area contributed by atoms with Gasteiger partial charge in [0.25, 0.3) is 0 Å². The van der Waals surface area contributed by atoms with Crippen molar-refractivity contribution in [1.82, 2.24) is 20.4 Å². The van der Waals surface area contributed by atoms with Crippen molar-refractivity contribution in [3.8, 4) is 11.5 Å². The van der Waals surface area contributed by atoms with Gasteiger partial charge in [0.05, 0.1) is 0 Å². The summed E-state index contributed by atoms with van der Waals surface area (Å²) in [6.07, 6.45) is 0.785. The van der Waals surface area contributed by atoms with Gasteiger partial charge in [0.2, 0.25) is 17.7 Å². The number of carbonyl (C=O) groups is 2. The Kier molecular flexibility index (Phi) is 6.04. The van der Waals surface area contributed by atoms with Crippen molar-refractivity contribution < 1.29 is 18.4 Å². The van der Waals surface area contributed by atoms with Gasteiger partial charge in [-0.1, -0.05) is 6.92 Å².